The van der Waals surface area contributed by atoms with E-state index in [1.165, 1.54) is 10.9 Å². The van der Waals surface area contributed by atoms with E-state index in [1.807, 2.05) is 0 Å². The van der Waals surface area contributed by atoms with Crippen LogP contribution in [0.3, 0.4) is 0 Å². The van der Waals surface area contributed by atoms with Gasteiger partial charge in [0.2, 0.25) is 0 Å². The van der Waals surface area contributed by atoms with Crippen molar-refractivity contribution in [3.63, 3.8) is 0 Å². The average molecular weight is 205 g/mol. The maximum atomic E-state index is 5.21. The zero-order valence-electron chi connectivity index (χ0n) is 6.48. The van der Waals surface area contributed by atoms with E-state index in [-0.39, 0.29) is 0 Å². The third kappa shape index (κ3) is 1.75. The average Bonchev–Trinajstić information content (AvgIpc) is 1.94. The summed E-state index contributed by atoms with van der Waals surface area (Å²) >= 11 is 3.50. The molecule has 0 amide bonds. The third-order valence-corrected chi connectivity index (χ3v) is 2.78. The van der Waals surface area contributed by atoms with Crippen LogP contribution >= 0.6 is 15.9 Å². The zero-order valence-corrected chi connectivity index (χ0v) is 8.07. The Morgan fingerprint density at radius 1 is 1.60 bits per heavy atom. The number of allylic oxidation sites excluding steroid dienone is 2. The third-order valence-electron chi connectivity index (χ3n) is 1.94. The van der Waals surface area contributed by atoms with Gasteiger partial charge in [0.25, 0.3) is 0 Å². The molecule has 0 radical (unpaired) electrons. The van der Waals surface area contributed by atoms with Crippen LogP contribution in [-0.4, -0.2) is 7.11 Å². The second kappa shape index (κ2) is 3.42. The summed E-state index contributed by atoms with van der Waals surface area (Å²) in [4.78, 5) is 0. The zero-order chi connectivity index (χ0) is 7.56. The molecule has 0 bridgehead atoms. The molecule has 0 N–H and O–H groups in total. The molecule has 0 fully saturated rings. The fraction of sp³-hybridized carbons (Fsp3) is 0.750. The highest BCUT2D eigenvalue weighted by Gasteiger charge is 2.16. The van der Waals surface area contributed by atoms with Crippen molar-refractivity contribution in [2.75, 3.05) is 7.11 Å². The Kier molecular flexibility index (Phi) is 2.78. The molecular weight excluding hydrogens is 192 g/mol. The number of rotatable bonds is 1. The quantitative estimate of drug-likeness (QED) is 0.639. The van der Waals surface area contributed by atoms with Crippen LogP contribution in [0.1, 0.15) is 26.2 Å². The minimum Gasteiger partial charge on any atom is -0.500 e. The Bertz CT molecular complexity index is 151. The Labute approximate surface area is 70.6 Å². The SMILES string of the molecule is COC1=C(Br)CCC(C)C1. The second-order valence-electron chi connectivity index (χ2n) is 2.88. The van der Waals surface area contributed by atoms with Gasteiger partial charge >= 0.3 is 0 Å². The fourth-order valence-corrected chi connectivity index (χ4v) is 1.79. The summed E-state index contributed by atoms with van der Waals surface area (Å²) in [6.45, 7) is 2.26. The van der Waals surface area contributed by atoms with Crippen molar-refractivity contribution in [3.05, 3.63) is 10.2 Å². The molecule has 1 aliphatic carbocycles. The summed E-state index contributed by atoms with van der Waals surface area (Å²) in [6, 6.07) is 0. The van der Waals surface area contributed by atoms with E-state index in [4.69, 9.17) is 4.74 Å². The molecule has 1 atom stereocenters. The summed E-state index contributed by atoms with van der Waals surface area (Å²) in [5.41, 5.74) is 0. The van der Waals surface area contributed by atoms with Crippen LogP contribution in [0.25, 0.3) is 0 Å². The van der Waals surface area contributed by atoms with Crippen LogP contribution in [0.2, 0.25) is 0 Å². The van der Waals surface area contributed by atoms with Crippen LogP contribution in [0.5, 0.6) is 0 Å². The molecule has 58 valence electrons. The van der Waals surface area contributed by atoms with Gasteiger partial charge in [-0.3, -0.25) is 0 Å². The maximum absolute atomic E-state index is 5.21. The molecule has 1 unspecified atom stereocenters. The normalized spacial score (nSPS) is 26.9. The molecule has 0 saturated carbocycles. The van der Waals surface area contributed by atoms with Gasteiger partial charge in [0, 0.05) is 10.9 Å². The summed E-state index contributed by atoms with van der Waals surface area (Å²) in [5.74, 6) is 1.93. The highest BCUT2D eigenvalue weighted by atomic mass is 79.9. The van der Waals surface area contributed by atoms with Crippen LogP contribution in [0.4, 0.5) is 0 Å². The molecule has 10 heavy (non-hydrogen) atoms. The van der Waals surface area contributed by atoms with Gasteiger partial charge in [-0.05, 0) is 18.8 Å². The van der Waals surface area contributed by atoms with Gasteiger partial charge in [0.15, 0.2) is 0 Å². The van der Waals surface area contributed by atoms with Gasteiger partial charge in [0.1, 0.15) is 5.76 Å². The monoisotopic (exact) mass is 204 g/mol. The standard InChI is InChI=1S/C8H13BrO/c1-6-3-4-7(9)8(5-6)10-2/h6H,3-5H2,1-2H3. The van der Waals surface area contributed by atoms with Crippen molar-refractivity contribution in [3.8, 4) is 0 Å². The van der Waals surface area contributed by atoms with E-state index in [0.29, 0.717) is 0 Å². The first-order valence-electron chi connectivity index (χ1n) is 3.65. The number of hydrogen-bond donors (Lipinski definition) is 0. The van der Waals surface area contributed by atoms with Gasteiger partial charge in [-0.15, -0.1) is 0 Å². The molecule has 2 heteroatoms. The van der Waals surface area contributed by atoms with E-state index in [9.17, 15) is 0 Å². The van der Waals surface area contributed by atoms with Crippen molar-refractivity contribution < 1.29 is 4.74 Å². The molecule has 0 aliphatic heterocycles. The van der Waals surface area contributed by atoms with Crippen LogP contribution in [-0.2, 0) is 4.74 Å². The van der Waals surface area contributed by atoms with Crippen LogP contribution < -0.4 is 0 Å². The molecule has 0 heterocycles. The smallest absolute Gasteiger partial charge is 0.106 e. The molecule has 0 saturated heterocycles. The molecule has 0 aromatic carbocycles. The largest absolute Gasteiger partial charge is 0.500 e. The fourth-order valence-electron chi connectivity index (χ4n) is 1.24. The molecule has 1 aliphatic rings. The maximum Gasteiger partial charge on any atom is 0.106 e. The Morgan fingerprint density at radius 3 is 2.80 bits per heavy atom. The van der Waals surface area contributed by atoms with Crippen LogP contribution in [0, 0.1) is 5.92 Å². The lowest BCUT2D eigenvalue weighted by Gasteiger charge is -2.20. The number of ether oxygens (including phenoxy) is 1. The van der Waals surface area contributed by atoms with Crippen molar-refractivity contribution in [2.45, 2.75) is 26.2 Å². The second-order valence-corrected chi connectivity index (χ2v) is 3.84. The predicted molar refractivity (Wildman–Crippen MR) is 46.0 cm³/mol. The van der Waals surface area contributed by atoms with Gasteiger partial charge in [-0.1, -0.05) is 22.9 Å². The van der Waals surface area contributed by atoms with Crippen molar-refractivity contribution in [1.82, 2.24) is 0 Å². The summed E-state index contributed by atoms with van der Waals surface area (Å²) < 4.78 is 6.46. The van der Waals surface area contributed by atoms with E-state index in [1.54, 1.807) is 7.11 Å². The van der Waals surface area contributed by atoms with E-state index in [0.717, 1.165) is 24.5 Å². The first-order chi connectivity index (χ1) is 4.74. The van der Waals surface area contributed by atoms with Gasteiger partial charge in [0.05, 0.1) is 7.11 Å². The van der Waals surface area contributed by atoms with Gasteiger partial charge in [-0.2, -0.15) is 0 Å². The molecule has 0 spiro atoms. The number of halogens is 1. The minimum absolute atomic E-state index is 0.788. The number of methoxy groups -OCH3 is 1. The molecule has 1 rings (SSSR count). The lowest BCUT2D eigenvalue weighted by molar-refractivity contribution is 0.247. The molecule has 0 aromatic rings. The first-order valence-corrected chi connectivity index (χ1v) is 4.45. The first kappa shape index (κ1) is 8.12. The van der Waals surface area contributed by atoms with Gasteiger partial charge in [-0.25, -0.2) is 0 Å². The minimum atomic E-state index is 0.788. The Hall–Kier alpha value is 0.0200. The van der Waals surface area contributed by atoms with E-state index in [2.05, 4.69) is 22.9 Å². The highest BCUT2D eigenvalue weighted by Crippen LogP contribution is 2.32. The predicted octanol–water partition coefficient (Wildman–Crippen LogP) is 3.06. The van der Waals surface area contributed by atoms with E-state index < -0.39 is 0 Å². The lowest BCUT2D eigenvalue weighted by atomic mass is 9.95. The van der Waals surface area contributed by atoms with Crippen molar-refractivity contribution in [2.24, 2.45) is 5.92 Å². The lowest BCUT2D eigenvalue weighted by Crippen LogP contribution is -2.06. The van der Waals surface area contributed by atoms with Crippen molar-refractivity contribution >= 4 is 15.9 Å². The summed E-state index contributed by atoms with van der Waals surface area (Å²) in [6.07, 6.45) is 3.52. The van der Waals surface area contributed by atoms with Crippen LogP contribution in [0.15, 0.2) is 10.2 Å². The van der Waals surface area contributed by atoms with Crippen molar-refractivity contribution in [1.29, 1.82) is 0 Å². The Balaban J connectivity index is 2.62. The topological polar surface area (TPSA) is 9.23 Å². The summed E-state index contributed by atoms with van der Waals surface area (Å²) in [5, 5.41) is 0. The molecule has 1 nitrogen and oxygen atoms in total. The Morgan fingerprint density at radius 2 is 2.30 bits per heavy atom. The molecular formula is C8H13BrO. The summed E-state index contributed by atoms with van der Waals surface area (Å²) in [7, 11) is 1.74. The van der Waals surface area contributed by atoms with Gasteiger partial charge < -0.3 is 4.74 Å². The van der Waals surface area contributed by atoms with E-state index >= 15 is 0 Å². The highest BCUT2D eigenvalue weighted by molar-refractivity contribution is 9.11. The molecule has 0 aromatic heterocycles. The number of hydrogen-bond acceptors (Lipinski definition) is 1.